The summed E-state index contributed by atoms with van der Waals surface area (Å²) in [5.74, 6) is 0. The molecular formula is C11H14S. The van der Waals surface area contributed by atoms with Crippen LogP contribution in [0.25, 0.3) is 6.08 Å². The predicted octanol–water partition coefficient (Wildman–Crippen LogP) is 3.64. The minimum atomic E-state index is 1.32. The zero-order chi connectivity index (χ0) is 8.97. The summed E-state index contributed by atoms with van der Waals surface area (Å²) in [5.41, 5.74) is 4.06. The summed E-state index contributed by atoms with van der Waals surface area (Å²) in [5, 5.41) is 2.11. The predicted molar refractivity (Wildman–Crippen MR) is 58.5 cm³/mol. The molecule has 0 saturated heterocycles. The second kappa shape index (κ2) is 4.36. The van der Waals surface area contributed by atoms with Gasteiger partial charge in [-0.3, -0.25) is 0 Å². The molecule has 0 radical (unpaired) electrons. The second-order valence-electron chi connectivity index (χ2n) is 2.83. The average molecular weight is 178 g/mol. The summed E-state index contributed by atoms with van der Waals surface area (Å²) in [4.78, 5) is 0. The van der Waals surface area contributed by atoms with Gasteiger partial charge in [0.25, 0.3) is 0 Å². The van der Waals surface area contributed by atoms with Crippen LogP contribution in [0, 0.1) is 13.8 Å². The number of hydrogen-bond donors (Lipinski definition) is 0. The topological polar surface area (TPSA) is 0 Å². The summed E-state index contributed by atoms with van der Waals surface area (Å²) >= 11 is 1.73. The molecule has 0 nitrogen and oxygen atoms in total. The van der Waals surface area contributed by atoms with Gasteiger partial charge in [0, 0.05) is 0 Å². The highest BCUT2D eigenvalue weighted by molar-refractivity contribution is 8.01. The minimum absolute atomic E-state index is 1.32. The van der Waals surface area contributed by atoms with Crippen LogP contribution in [0.15, 0.2) is 23.6 Å². The Bertz CT molecular complexity index is 287. The minimum Gasteiger partial charge on any atom is -0.138 e. The maximum absolute atomic E-state index is 2.16. The van der Waals surface area contributed by atoms with E-state index in [1.54, 1.807) is 11.8 Å². The van der Waals surface area contributed by atoms with Crippen molar-refractivity contribution in [1.82, 2.24) is 0 Å². The van der Waals surface area contributed by atoms with Crippen LogP contribution in [0.5, 0.6) is 0 Å². The molecular weight excluding hydrogens is 164 g/mol. The van der Waals surface area contributed by atoms with Crippen LogP contribution in [-0.2, 0) is 0 Å². The quantitative estimate of drug-likeness (QED) is 0.666. The maximum Gasteiger partial charge on any atom is -0.0142 e. The fourth-order valence-corrected chi connectivity index (χ4v) is 1.38. The molecule has 0 atom stereocenters. The number of rotatable bonds is 2. The first-order valence-electron chi connectivity index (χ1n) is 4.01. The van der Waals surface area contributed by atoms with Gasteiger partial charge in [-0.25, -0.2) is 0 Å². The first-order chi connectivity index (χ1) is 5.75. The lowest BCUT2D eigenvalue weighted by Gasteiger charge is -2.02. The molecule has 12 heavy (non-hydrogen) atoms. The van der Waals surface area contributed by atoms with Crippen molar-refractivity contribution >= 4 is 17.8 Å². The molecule has 1 heteroatoms. The molecule has 0 aliphatic carbocycles. The largest absolute Gasteiger partial charge is 0.138 e. The van der Waals surface area contributed by atoms with Gasteiger partial charge in [-0.05, 0) is 48.3 Å². The van der Waals surface area contributed by atoms with Crippen molar-refractivity contribution in [1.29, 1.82) is 0 Å². The standard InChI is InChI=1S/C11H14S/c1-9-5-4-6-11(10(9)2)7-8-12-3/h4-8H,1-3H3/b8-7-. The average Bonchev–Trinajstić information content (AvgIpc) is 2.08. The van der Waals surface area contributed by atoms with E-state index < -0.39 is 0 Å². The third kappa shape index (κ3) is 2.15. The molecule has 0 bridgehead atoms. The van der Waals surface area contributed by atoms with Crippen LogP contribution >= 0.6 is 11.8 Å². The molecule has 1 rings (SSSR count). The second-order valence-corrected chi connectivity index (χ2v) is 3.57. The molecule has 0 N–H and O–H groups in total. The van der Waals surface area contributed by atoms with Crippen molar-refractivity contribution in [3.8, 4) is 0 Å². The highest BCUT2D eigenvalue weighted by Crippen LogP contribution is 2.15. The molecule has 64 valence electrons. The molecule has 0 saturated carbocycles. The monoisotopic (exact) mass is 178 g/mol. The molecule has 1 aromatic carbocycles. The van der Waals surface area contributed by atoms with Gasteiger partial charge >= 0.3 is 0 Å². The number of aryl methyl sites for hydroxylation is 1. The molecule has 0 fully saturated rings. The molecule has 0 unspecified atom stereocenters. The van der Waals surface area contributed by atoms with Crippen molar-refractivity contribution < 1.29 is 0 Å². The Morgan fingerprint density at radius 2 is 2.00 bits per heavy atom. The van der Waals surface area contributed by atoms with Crippen molar-refractivity contribution in [2.75, 3.05) is 6.26 Å². The number of thioether (sulfide) groups is 1. The molecule has 0 aromatic heterocycles. The van der Waals surface area contributed by atoms with Crippen LogP contribution in [0.1, 0.15) is 16.7 Å². The third-order valence-corrected chi connectivity index (χ3v) is 2.44. The highest BCUT2D eigenvalue weighted by Gasteiger charge is 1.95. The Morgan fingerprint density at radius 3 is 2.67 bits per heavy atom. The number of hydrogen-bond acceptors (Lipinski definition) is 1. The van der Waals surface area contributed by atoms with E-state index in [1.165, 1.54) is 16.7 Å². The van der Waals surface area contributed by atoms with E-state index in [4.69, 9.17) is 0 Å². The van der Waals surface area contributed by atoms with E-state index >= 15 is 0 Å². The summed E-state index contributed by atoms with van der Waals surface area (Å²) in [6.07, 6.45) is 4.23. The Kier molecular flexibility index (Phi) is 3.42. The van der Waals surface area contributed by atoms with Crippen molar-refractivity contribution in [3.05, 3.63) is 40.3 Å². The van der Waals surface area contributed by atoms with Crippen LogP contribution in [0.4, 0.5) is 0 Å². The summed E-state index contributed by atoms with van der Waals surface area (Å²) in [6, 6.07) is 6.39. The van der Waals surface area contributed by atoms with Gasteiger partial charge in [0.05, 0.1) is 0 Å². The SMILES string of the molecule is CS/C=C\c1cccc(C)c1C. The number of benzene rings is 1. The fourth-order valence-electron chi connectivity index (χ4n) is 1.10. The van der Waals surface area contributed by atoms with Crippen LogP contribution in [0.3, 0.4) is 0 Å². The zero-order valence-corrected chi connectivity index (χ0v) is 8.61. The maximum atomic E-state index is 2.16. The lowest BCUT2D eigenvalue weighted by molar-refractivity contribution is 1.33. The molecule has 0 spiro atoms. The summed E-state index contributed by atoms with van der Waals surface area (Å²) in [7, 11) is 0. The molecule has 0 aliphatic heterocycles. The van der Waals surface area contributed by atoms with Gasteiger partial charge in [0.2, 0.25) is 0 Å². The Hall–Kier alpha value is -0.690. The van der Waals surface area contributed by atoms with Crippen molar-refractivity contribution in [2.24, 2.45) is 0 Å². The van der Waals surface area contributed by atoms with Gasteiger partial charge in [-0.2, -0.15) is 0 Å². The fraction of sp³-hybridized carbons (Fsp3) is 0.273. The van der Waals surface area contributed by atoms with Crippen molar-refractivity contribution in [2.45, 2.75) is 13.8 Å². The van der Waals surface area contributed by atoms with E-state index in [-0.39, 0.29) is 0 Å². The summed E-state index contributed by atoms with van der Waals surface area (Å²) < 4.78 is 0. The molecule has 0 aliphatic rings. The Balaban J connectivity index is 3.00. The van der Waals surface area contributed by atoms with Crippen LogP contribution in [-0.4, -0.2) is 6.26 Å². The summed E-state index contributed by atoms with van der Waals surface area (Å²) in [6.45, 7) is 4.31. The lowest BCUT2D eigenvalue weighted by atomic mass is 10.0. The smallest absolute Gasteiger partial charge is 0.0142 e. The Morgan fingerprint density at radius 1 is 1.25 bits per heavy atom. The van der Waals surface area contributed by atoms with E-state index in [2.05, 4.69) is 49.8 Å². The van der Waals surface area contributed by atoms with E-state index in [9.17, 15) is 0 Å². The zero-order valence-electron chi connectivity index (χ0n) is 7.79. The van der Waals surface area contributed by atoms with E-state index in [0.717, 1.165) is 0 Å². The first-order valence-corrected chi connectivity index (χ1v) is 5.30. The highest BCUT2D eigenvalue weighted by atomic mass is 32.2. The molecule has 0 amide bonds. The van der Waals surface area contributed by atoms with Crippen LogP contribution < -0.4 is 0 Å². The van der Waals surface area contributed by atoms with Crippen LogP contribution in [0.2, 0.25) is 0 Å². The molecule has 1 aromatic rings. The molecule has 0 heterocycles. The Labute approximate surface area is 78.7 Å². The first kappa shape index (κ1) is 9.40. The van der Waals surface area contributed by atoms with E-state index in [0.29, 0.717) is 0 Å². The van der Waals surface area contributed by atoms with Gasteiger partial charge in [-0.15, -0.1) is 11.8 Å². The lowest BCUT2D eigenvalue weighted by Crippen LogP contribution is -1.83. The van der Waals surface area contributed by atoms with Gasteiger partial charge < -0.3 is 0 Å². The normalized spacial score (nSPS) is 10.9. The van der Waals surface area contributed by atoms with Gasteiger partial charge in [0.15, 0.2) is 0 Å². The van der Waals surface area contributed by atoms with Gasteiger partial charge in [-0.1, -0.05) is 18.2 Å². The van der Waals surface area contributed by atoms with E-state index in [1.807, 2.05) is 0 Å². The van der Waals surface area contributed by atoms with Gasteiger partial charge in [0.1, 0.15) is 0 Å². The van der Waals surface area contributed by atoms with Crippen molar-refractivity contribution in [3.63, 3.8) is 0 Å². The third-order valence-electron chi connectivity index (χ3n) is 2.03.